The third-order valence-electron chi connectivity index (χ3n) is 4.32. The first-order valence-electron chi connectivity index (χ1n) is 7.82. The number of aromatic nitrogens is 2. The van der Waals surface area contributed by atoms with E-state index >= 15 is 0 Å². The highest BCUT2D eigenvalue weighted by Gasteiger charge is 2.27. The van der Waals surface area contributed by atoms with Crippen LogP contribution < -0.4 is 5.73 Å². The van der Waals surface area contributed by atoms with E-state index in [-0.39, 0.29) is 6.04 Å². The summed E-state index contributed by atoms with van der Waals surface area (Å²) >= 11 is 6.51. The van der Waals surface area contributed by atoms with Crippen molar-refractivity contribution in [1.29, 1.82) is 0 Å². The SMILES string of the molecule is CCc1nn(CC)c(CN2CCCCC2C(C)N)c1Cl. The Balaban J connectivity index is 2.21. The van der Waals surface area contributed by atoms with Gasteiger partial charge in [0.1, 0.15) is 0 Å². The lowest BCUT2D eigenvalue weighted by Gasteiger charge is -2.38. The van der Waals surface area contributed by atoms with Crippen molar-refractivity contribution >= 4 is 11.6 Å². The van der Waals surface area contributed by atoms with Gasteiger partial charge in [-0.3, -0.25) is 9.58 Å². The van der Waals surface area contributed by atoms with Crippen LogP contribution in [-0.2, 0) is 19.5 Å². The molecule has 0 spiro atoms. The topological polar surface area (TPSA) is 47.1 Å². The fourth-order valence-electron chi connectivity index (χ4n) is 3.17. The molecule has 1 aliphatic rings. The van der Waals surface area contributed by atoms with E-state index in [1.807, 2.05) is 4.68 Å². The van der Waals surface area contributed by atoms with E-state index in [1.165, 1.54) is 19.3 Å². The summed E-state index contributed by atoms with van der Waals surface area (Å²) in [4.78, 5) is 2.49. The van der Waals surface area contributed by atoms with Crippen LogP contribution in [-0.4, -0.2) is 33.3 Å². The summed E-state index contributed by atoms with van der Waals surface area (Å²) < 4.78 is 2.05. The minimum absolute atomic E-state index is 0.206. The van der Waals surface area contributed by atoms with Crippen molar-refractivity contribution in [3.8, 4) is 0 Å². The van der Waals surface area contributed by atoms with Gasteiger partial charge in [-0.25, -0.2) is 0 Å². The largest absolute Gasteiger partial charge is 0.327 e. The molecule has 0 radical (unpaired) electrons. The highest BCUT2D eigenvalue weighted by molar-refractivity contribution is 6.31. The maximum atomic E-state index is 6.51. The predicted octanol–water partition coefficient (Wildman–Crippen LogP) is 2.82. The van der Waals surface area contributed by atoms with Crippen LogP contribution in [0.1, 0.15) is 51.4 Å². The van der Waals surface area contributed by atoms with Gasteiger partial charge in [-0.1, -0.05) is 24.9 Å². The lowest BCUT2D eigenvalue weighted by atomic mass is 9.97. The number of piperidine rings is 1. The Kier molecular flexibility index (Phi) is 5.47. The lowest BCUT2D eigenvalue weighted by molar-refractivity contribution is 0.119. The third-order valence-corrected chi connectivity index (χ3v) is 4.75. The fourth-order valence-corrected chi connectivity index (χ4v) is 3.50. The number of nitrogens with two attached hydrogens (primary N) is 1. The van der Waals surface area contributed by atoms with Crippen LogP contribution >= 0.6 is 11.6 Å². The van der Waals surface area contributed by atoms with E-state index in [1.54, 1.807) is 0 Å². The number of hydrogen-bond acceptors (Lipinski definition) is 3. The Bertz CT molecular complexity index is 441. The quantitative estimate of drug-likeness (QED) is 0.909. The third kappa shape index (κ3) is 3.18. The van der Waals surface area contributed by atoms with E-state index < -0.39 is 0 Å². The van der Waals surface area contributed by atoms with E-state index in [0.29, 0.717) is 6.04 Å². The van der Waals surface area contributed by atoms with E-state index in [0.717, 1.165) is 42.5 Å². The van der Waals surface area contributed by atoms with Crippen molar-refractivity contribution in [3.05, 3.63) is 16.4 Å². The molecular weight excluding hydrogens is 272 g/mol. The van der Waals surface area contributed by atoms with Gasteiger partial charge in [0, 0.05) is 25.2 Å². The average molecular weight is 299 g/mol. The molecule has 0 saturated carbocycles. The second kappa shape index (κ2) is 6.92. The molecule has 1 aromatic rings. The van der Waals surface area contributed by atoms with Crippen LogP contribution in [0.3, 0.4) is 0 Å². The summed E-state index contributed by atoms with van der Waals surface area (Å²) in [6.45, 7) is 9.17. The van der Waals surface area contributed by atoms with Crippen LogP contribution in [0.4, 0.5) is 0 Å². The molecule has 1 fully saturated rings. The van der Waals surface area contributed by atoms with Crippen LogP contribution in [0, 0.1) is 0 Å². The number of halogens is 1. The van der Waals surface area contributed by atoms with Crippen molar-refractivity contribution in [2.75, 3.05) is 6.54 Å². The van der Waals surface area contributed by atoms with Gasteiger partial charge >= 0.3 is 0 Å². The van der Waals surface area contributed by atoms with Gasteiger partial charge in [0.2, 0.25) is 0 Å². The molecule has 1 aromatic heterocycles. The van der Waals surface area contributed by atoms with Crippen LogP contribution in [0.2, 0.25) is 5.02 Å². The molecule has 0 bridgehead atoms. The fraction of sp³-hybridized carbons (Fsp3) is 0.800. The normalized spacial score (nSPS) is 22.1. The van der Waals surface area contributed by atoms with Gasteiger partial charge in [0.05, 0.1) is 16.4 Å². The first kappa shape index (κ1) is 15.8. The van der Waals surface area contributed by atoms with Gasteiger partial charge in [0.25, 0.3) is 0 Å². The Hall–Kier alpha value is -0.580. The summed E-state index contributed by atoms with van der Waals surface area (Å²) in [5.41, 5.74) is 8.32. The maximum Gasteiger partial charge on any atom is 0.0863 e. The first-order valence-corrected chi connectivity index (χ1v) is 8.19. The zero-order valence-electron chi connectivity index (χ0n) is 12.9. The molecule has 0 aliphatic carbocycles. The van der Waals surface area contributed by atoms with E-state index in [2.05, 4.69) is 30.8 Å². The van der Waals surface area contributed by atoms with Crippen molar-refractivity contribution in [1.82, 2.24) is 14.7 Å². The number of rotatable bonds is 5. The van der Waals surface area contributed by atoms with Crippen molar-refractivity contribution in [3.63, 3.8) is 0 Å². The van der Waals surface area contributed by atoms with Crippen LogP contribution in [0.15, 0.2) is 0 Å². The van der Waals surface area contributed by atoms with Crippen molar-refractivity contribution in [2.45, 2.75) is 71.6 Å². The summed E-state index contributed by atoms with van der Waals surface area (Å²) in [5, 5.41) is 5.46. The minimum Gasteiger partial charge on any atom is -0.327 e. The molecule has 2 atom stereocenters. The van der Waals surface area contributed by atoms with Gasteiger partial charge in [0.15, 0.2) is 0 Å². The smallest absolute Gasteiger partial charge is 0.0863 e. The molecular formula is C15H27ClN4. The van der Waals surface area contributed by atoms with Gasteiger partial charge in [-0.15, -0.1) is 0 Å². The molecule has 20 heavy (non-hydrogen) atoms. The molecule has 114 valence electrons. The number of nitrogens with zero attached hydrogens (tertiary/aromatic N) is 3. The molecule has 5 heteroatoms. The maximum absolute atomic E-state index is 6.51. The summed E-state index contributed by atoms with van der Waals surface area (Å²) in [6.07, 6.45) is 4.61. The number of likely N-dealkylation sites (tertiary alicyclic amines) is 1. The summed E-state index contributed by atoms with van der Waals surface area (Å²) in [5.74, 6) is 0. The molecule has 2 heterocycles. The standard InChI is InChI=1S/C15H27ClN4/c1-4-12-15(16)14(20(5-2)18-12)10-19-9-7-6-8-13(19)11(3)17/h11,13H,4-10,17H2,1-3H3. The van der Waals surface area contributed by atoms with Crippen LogP contribution in [0.25, 0.3) is 0 Å². The Morgan fingerprint density at radius 3 is 2.75 bits per heavy atom. The molecule has 1 saturated heterocycles. The Morgan fingerprint density at radius 1 is 1.40 bits per heavy atom. The minimum atomic E-state index is 0.206. The molecule has 2 N–H and O–H groups in total. The average Bonchev–Trinajstić information content (AvgIpc) is 2.75. The first-order chi connectivity index (χ1) is 9.58. The number of hydrogen-bond donors (Lipinski definition) is 1. The Labute approximate surface area is 127 Å². The summed E-state index contributed by atoms with van der Waals surface area (Å²) in [7, 11) is 0. The second-order valence-electron chi connectivity index (χ2n) is 5.77. The lowest BCUT2D eigenvalue weighted by Crippen LogP contribution is -2.48. The van der Waals surface area contributed by atoms with Gasteiger partial charge in [-0.05, 0) is 39.7 Å². The van der Waals surface area contributed by atoms with E-state index in [4.69, 9.17) is 17.3 Å². The van der Waals surface area contributed by atoms with E-state index in [9.17, 15) is 0 Å². The molecule has 2 rings (SSSR count). The summed E-state index contributed by atoms with van der Waals surface area (Å²) in [6, 6.07) is 0.669. The zero-order valence-corrected chi connectivity index (χ0v) is 13.7. The molecule has 0 amide bonds. The second-order valence-corrected chi connectivity index (χ2v) is 6.15. The van der Waals surface area contributed by atoms with Crippen molar-refractivity contribution in [2.24, 2.45) is 5.73 Å². The molecule has 1 aliphatic heterocycles. The highest BCUT2D eigenvalue weighted by atomic mass is 35.5. The molecule has 4 nitrogen and oxygen atoms in total. The molecule has 2 unspecified atom stereocenters. The predicted molar refractivity (Wildman–Crippen MR) is 84.0 cm³/mol. The zero-order chi connectivity index (χ0) is 14.7. The van der Waals surface area contributed by atoms with Crippen molar-refractivity contribution < 1.29 is 0 Å². The van der Waals surface area contributed by atoms with Gasteiger partial charge in [-0.2, -0.15) is 5.10 Å². The highest BCUT2D eigenvalue weighted by Crippen LogP contribution is 2.27. The monoisotopic (exact) mass is 298 g/mol. The van der Waals surface area contributed by atoms with Gasteiger partial charge < -0.3 is 5.73 Å². The number of aryl methyl sites for hydroxylation is 2. The molecule has 0 aromatic carbocycles. The Morgan fingerprint density at radius 2 is 2.15 bits per heavy atom. The van der Waals surface area contributed by atoms with Crippen LogP contribution in [0.5, 0.6) is 0 Å².